The molecule has 2 heterocycles. The second-order valence-electron chi connectivity index (χ2n) is 10.5. The summed E-state index contributed by atoms with van der Waals surface area (Å²) in [4.78, 5) is 25.2. The monoisotopic (exact) mass is 669 g/mol. The molecule has 5 rings (SSSR count). The molecule has 0 fully saturated rings. The molecule has 15 heteroatoms. The number of unbranched alkanes of at least 4 members (excludes halogenated alkanes) is 1. The van der Waals surface area contributed by atoms with Crippen LogP contribution in [-0.2, 0) is 32.3 Å². The lowest BCUT2D eigenvalue weighted by Gasteiger charge is -2.25. The fourth-order valence-corrected chi connectivity index (χ4v) is 6.11. The second kappa shape index (κ2) is 14.9. The Morgan fingerprint density at radius 1 is 1.04 bits per heavy atom. The minimum Gasteiger partial charge on any atom is -0.493 e. The molecule has 47 heavy (non-hydrogen) atoms. The van der Waals surface area contributed by atoms with Crippen molar-refractivity contribution in [3.8, 4) is 23.1 Å². The molecule has 1 atom stereocenters. The molecule has 1 unspecified atom stereocenters. The van der Waals surface area contributed by atoms with Crippen molar-refractivity contribution in [1.82, 2.24) is 10.5 Å². The maximum Gasteiger partial charge on any atom is 0.414 e. The number of rotatable bonds is 15. The fraction of sp³-hybridized carbons (Fsp3) is 0.312. The first kappa shape index (κ1) is 33.2. The third-order valence-corrected chi connectivity index (χ3v) is 8.96. The molecule has 0 bridgehead atoms. The summed E-state index contributed by atoms with van der Waals surface area (Å²) < 4.78 is 65.8. The minimum atomic E-state index is -4.22. The molecular formula is C32H32FN3O10S. The summed E-state index contributed by atoms with van der Waals surface area (Å²) in [7, 11) is -2.77. The second-order valence-corrected chi connectivity index (χ2v) is 12.4. The van der Waals surface area contributed by atoms with E-state index in [4.69, 9.17) is 18.9 Å². The molecule has 0 spiro atoms. The highest BCUT2D eigenvalue weighted by molar-refractivity contribution is 7.91. The van der Waals surface area contributed by atoms with Gasteiger partial charge in [-0.3, -0.25) is 14.2 Å². The van der Waals surface area contributed by atoms with Crippen LogP contribution in [0.5, 0.6) is 23.1 Å². The number of ether oxygens (including phenoxy) is 4. The number of halogens is 1. The van der Waals surface area contributed by atoms with Crippen molar-refractivity contribution in [3.63, 3.8) is 0 Å². The summed E-state index contributed by atoms with van der Waals surface area (Å²) in [5.41, 5.74) is 1.48. The molecule has 1 aliphatic heterocycles. The van der Waals surface area contributed by atoms with Gasteiger partial charge in [0.15, 0.2) is 17.3 Å². The summed E-state index contributed by atoms with van der Waals surface area (Å²) in [6.07, 6.45) is 0.782. The number of hydrogen-bond donors (Lipinski definition) is 1. The van der Waals surface area contributed by atoms with Crippen LogP contribution >= 0.6 is 0 Å². The first-order valence-electron chi connectivity index (χ1n) is 14.7. The number of ketones is 1. The van der Waals surface area contributed by atoms with Gasteiger partial charge in [0.2, 0.25) is 6.10 Å². The van der Waals surface area contributed by atoms with Gasteiger partial charge < -0.3 is 29.5 Å². The molecule has 0 radical (unpaired) electrons. The Labute approximate surface area is 269 Å². The van der Waals surface area contributed by atoms with E-state index >= 15 is 0 Å². The molecule has 1 amide bonds. The Hall–Kier alpha value is -5.18. The van der Waals surface area contributed by atoms with Crippen LogP contribution in [0.15, 0.2) is 81.3 Å². The third kappa shape index (κ3) is 7.98. The number of Topliss-reactive ketones (excluding diaryl/α,β-unsaturated/α-hetero) is 1. The number of sulfone groups is 1. The first-order valence-corrected chi connectivity index (χ1v) is 16.2. The molecule has 13 nitrogen and oxygen atoms in total. The Morgan fingerprint density at radius 2 is 1.77 bits per heavy atom. The maximum atomic E-state index is 13.1. The van der Waals surface area contributed by atoms with Crippen LogP contribution in [0.3, 0.4) is 0 Å². The minimum absolute atomic E-state index is 0.0204. The van der Waals surface area contributed by atoms with Gasteiger partial charge in [-0.25, -0.2) is 12.8 Å². The summed E-state index contributed by atoms with van der Waals surface area (Å²) in [6.45, 7) is 0.556. The number of aromatic nitrogens is 2. The molecule has 3 aromatic carbocycles. The zero-order valence-corrected chi connectivity index (χ0v) is 26.2. The average molecular weight is 670 g/mol. The van der Waals surface area contributed by atoms with Crippen LogP contribution in [0.1, 0.15) is 30.4 Å². The summed E-state index contributed by atoms with van der Waals surface area (Å²) in [6, 6.07) is 16.7. The highest BCUT2D eigenvalue weighted by Gasteiger charge is 2.36. The Bertz CT molecular complexity index is 1810. The standard InChI is InChI=1S/C32H32FN3O10S/c1-42-27-20-26-22(18-25(37)29(45-26)30(38)34-15-7-8-21-11-13-23(33)14-12-21)19-28(27)43-16-5-6-17-44-31-32(36(39)46-35-31)47(40,41)24-9-3-2-4-10-24/h2-4,9-14,19-20,29H,5-8,15-18H2,1H3,(H,34,38). The number of nitrogens with zero attached hydrogens (tertiary/aromatic N) is 2. The van der Waals surface area contributed by atoms with Crippen molar-refractivity contribution >= 4 is 21.5 Å². The molecule has 1 aliphatic rings. The fourth-order valence-electron chi connectivity index (χ4n) is 4.82. The van der Waals surface area contributed by atoms with Gasteiger partial charge in [-0.2, -0.15) is 0 Å². The molecule has 0 saturated heterocycles. The first-order chi connectivity index (χ1) is 22.7. The lowest BCUT2D eigenvalue weighted by Crippen LogP contribution is -2.46. The Balaban J connectivity index is 1.10. The van der Waals surface area contributed by atoms with E-state index in [2.05, 4.69) is 15.1 Å². The Kier molecular flexibility index (Phi) is 10.6. The van der Waals surface area contributed by atoms with Crippen LogP contribution < -0.4 is 29.2 Å². The van der Waals surface area contributed by atoms with E-state index in [0.717, 1.165) is 5.56 Å². The summed E-state index contributed by atoms with van der Waals surface area (Å²) >= 11 is 0. The Morgan fingerprint density at radius 3 is 2.49 bits per heavy atom. The topological polar surface area (TPSA) is 170 Å². The largest absolute Gasteiger partial charge is 0.493 e. The van der Waals surface area contributed by atoms with E-state index in [9.17, 15) is 27.6 Å². The highest BCUT2D eigenvalue weighted by atomic mass is 32.2. The number of nitrogens with one attached hydrogen (secondary N) is 1. The molecular weight excluding hydrogens is 637 g/mol. The van der Waals surface area contributed by atoms with Crippen molar-refractivity contribution < 1.29 is 50.9 Å². The number of aryl methyl sites for hydroxylation is 1. The van der Waals surface area contributed by atoms with Gasteiger partial charge in [-0.15, -0.1) is 0 Å². The van der Waals surface area contributed by atoms with Gasteiger partial charge >= 0.3 is 10.9 Å². The van der Waals surface area contributed by atoms with E-state index in [1.54, 1.807) is 30.3 Å². The smallest absolute Gasteiger partial charge is 0.414 e. The van der Waals surface area contributed by atoms with E-state index in [1.165, 1.54) is 43.5 Å². The maximum absolute atomic E-state index is 13.1. The summed E-state index contributed by atoms with van der Waals surface area (Å²) in [5, 5.41) is 17.5. The number of carbonyl (C=O) groups is 2. The van der Waals surface area contributed by atoms with Crippen LogP contribution in [0.4, 0.5) is 4.39 Å². The third-order valence-electron chi connectivity index (χ3n) is 7.23. The highest BCUT2D eigenvalue weighted by Crippen LogP contribution is 2.38. The van der Waals surface area contributed by atoms with Gasteiger partial charge in [0.25, 0.3) is 15.7 Å². The van der Waals surface area contributed by atoms with E-state index in [0.29, 0.717) is 55.0 Å². The van der Waals surface area contributed by atoms with Crippen molar-refractivity contribution in [2.45, 2.75) is 48.1 Å². The SMILES string of the molecule is COc1cc2c(cc1OCCCCOc1no[n+]([O-])c1S(=O)(=O)c1ccccc1)CC(=O)C(C(=O)NCCCc1ccc(F)cc1)O2. The van der Waals surface area contributed by atoms with Gasteiger partial charge in [-0.1, -0.05) is 30.3 Å². The van der Waals surface area contributed by atoms with Crippen LogP contribution in [-0.4, -0.2) is 58.2 Å². The number of carbonyl (C=O) groups excluding carboxylic acids is 2. The van der Waals surface area contributed by atoms with Crippen molar-refractivity contribution in [1.29, 1.82) is 0 Å². The molecule has 4 aromatic rings. The quantitative estimate of drug-likeness (QED) is 0.112. The molecule has 1 N–H and O–H groups in total. The lowest BCUT2D eigenvalue weighted by atomic mass is 9.99. The number of fused-ring (bicyclic) bond motifs is 1. The number of hydrogen-bond acceptors (Lipinski definition) is 11. The molecule has 248 valence electrons. The van der Waals surface area contributed by atoms with E-state index in [1.807, 2.05) is 0 Å². The van der Waals surface area contributed by atoms with Crippen LogP contribution in [0.25, 0.3) is 0 Å². The van der Waals surface area contributed by atoms with Gasteiger partial charge in [-0.05, 0) is 66.5 Å². The van der Waals surface area contributed by atoms with Gasteiger partial charge in [0.05, 0.1) is 30.4 Å². The van der Waals surface area contributed by atoms with Crippen molar-refractivity contribution in [2.75, 3.05) is 26.9 Å². The van der Waals surface area contributed by atoms with Crippen LogP contribution in [0.2, 0.25) is 0 Å². The zero-order valence-electron chi connectivity index (χ0n) is 25.3. The average Bonchev–Trinajstić information content (AvgIpc) is 3.45. The van der Waals surface area contributed by atoms with Crippen molar-refractivity contribution in [3.05, 3.63) is 88.9 Å². The normalized spacial score (nSPS) is 14.2. The zero-order chi connectivity index (χ0) is 33.4. The predicted octanol–water partition coefficient (Wildman–Crippen LogP) is 3.15. The number of benzene rings is 3. The number of amides is 1. The molecule has 0 saturated carbocycles. The van der Waals surface area contributed by atoms with Crippen LogP contribution in [0, 0.1) is 11.0 Å². The predicted molar refractivity (Wildman–Crippen MR) is 161 cm³/mol. The van der Waals surface area contributed by atoms with Crippen molar-refractivity contribution in [2.24, 2.45) is 0 Å². The van der Waals surface area contributed by atoms with Gasteiger partial charge in [0, 0.05) is 24.6 Å². The lowest BCUT2D eigenvalue weighted by molar-refractivity contribution is -0.832. The summed E-state index contributed by atoms with van der Waals surface area (Å²) in [5.74, 6) is -0.656. The van der Waals surface area contributed by atoms with Gasteiger partial charge in [0.1, 0.15) is 11.6 Å². The van der Waals surface area contributed by atoms with E-state index < -0.39 is 38.5 Å². The molecule has 0 aliphatic carbocycles. The molecule has 1 aromatic heterocycles. The van der Waals surface area contributed by atoms with E-state index in [-0.39, 0.29) is 35.3 Å². The number of methoxy groups -OCH3 is 1.